The maximum Gasteiger partial charge on any atom is 0.0267 e. The second-order valence-corrected chi connectivity index (χ2v) is 1.50. The van der Waals surface area contributed by atoms with Crippen LogP contribution in [0.4, 0.5) is 0 Å². The number of hydrogen-bond acceptors (Lipinski definition) is 1. The van der Waals surface area contributed by atoms with Gasteiger partial charge in [-0.05, 0) is 19.4 Å². The van der Waals surface area contributed by atoms with E-state index in [1.807, 2.05) is 19.9 Å². The molecule has 40 valence electrons. The minimum Gasteiger partial charge on any atom is -0.399 e. The molecule has 0 aliphatic rings. The van der Waals surface area contributed by atoms with E-state index in [9.17, 15) is 0 Å². The number of rotatable bonds is 1. The lowest BCUT2D eigenvalue weighted by Crippen LogP contribution is -1.94. The van der Waals surface area contributed by atoms with Crippen LogP contribution in [0.15, 0.2) is 23.9 Å². The fourth-order valence-electron chi connectivity index (χ4n) is 0.185. The molecule has 0 aromatic heterocycles. The molecule has 0 saturated heterocycles. The molecule has 0 fully saturated rings. The maximum absolute atomic E-state index is 5.28. The molecule has 0 aromatic rings. The molecular weight excluding hydrogens is 86.1 g/mol. The van der Waals surface area contributed by atoms with Crippen molar-refractivity contribution in [1.29, 1.82) is 0 Å². The van der Waals surface area contributed by atoms with E-state index in [2.05, 4.69) is 6.58 Å². The van der Waals surface area contributed by atoms with Gasteiger partial charge in [0.05, 0.1) is 0 Å². The van der Waals surface area contributed by atoms with E-state index in [0.29, 0.717) is 5.70 Å². The molecule has 1 nitrogen and oxygen atoms in total. The largest absolute Gasteiger partial charge is 0.399 e. The van der Waals surface area contributed by atoms with Crippen molar-refractivity contribution in [2.45, 2.75) is 13.8 Å². The summed E-state index contributed by atoms with van der Waals surface area (Å²) in [5, 5.41) is 0. The molecule has 0 spiro atoms. The van der Waals surface area contributed by atoms with Gasteiger partial charge in [0.25, 0.3) is 0 Å². The Morgan fingerprint density at radius 2 is 2.14 bits per heavy atom. The molecule has 0 unspecified atom stereocenters. The van der Waals surface area contributed by atoms with Crippen molar-refractivity contribution in [2.24, 2.45) is 5.73 Å². The highest BCUT2D eigenvalue weighted by molar-refractivity contribution is 5.21. The lowest BCUT2D eigenvalue weighted by Gasteiger charge is -1.92. The Morgan fingerprint density at radius 1 is 1.71 bits per heavy atom. The first kappa shape index (κ1) is 6.28. The highest BCUT2D eigenvalue weighted by atomic mass is 14.6. The van der Waals surface area contributed by atoms with Crippen LogP contribution in [0.3, 0.4) is 0 Å². The van der Waals surface area contributed by atoms with Crippen molar-refractivity contribution in [3.05, 3.63) is 23.9 Å². The summed E-state index contributed by atoms with van der Waals surface area (Å²) in [5.41, 5.74) is 6.99. The summed E-state index contributed by atoms with van der Waals surface area (Å²) in [7, 11) is 0. The van der Waals surface area contributed by atoms with Crippen LogP contribution in [0.25, 0.3) is 0 Å². The highest BCUT2D eigenvalue weighted by Gasteiger charge is 1.81. The minimum absolute atomic E-state index is 0.655. The maximum atomic E-state index is 5.28. The monoisotopic (exact) mass is 97.1 g/mol. The lowest BCUT2D eigenvalue weighted by molar-refractivity contribution is 1.29. The van der Waals surface area contributed by atoms with E-state index in [0.717, 1.165) is 5.57 Å². The predicted octanol–water partition coefficient (Wildman–Crippen LogP) is 1.43. The Morgan fingerprint density at radius 3 is 2.14 bits per heavy atom. The number of hydrogen-bond donors (Lipinski definition) is 1. The topological polar surface area (TPSA) is 26.0 Å². The van der Waals surface area contributed by atoms with E-state index in [1.54, 1.807) is 0 Å². The normalized spacial score (nSPS) is 11.4. The van der Waals surface area contributed by atoms with Crippen molar-refractivity contribution in [2.75, 3.05) is 0 Å². The smallest absolute Gasteiger partial charge is 0.0267 e. The van der Waals surface area contributed by atoms with Crippen LogP contribution in [0.5, 0.6) is 0 Å². The number of nitrogens with two attached hydrogens (primary N) is 1. The molecule has 7 heavy (non-hydrogen) atoms. The van der Waals surface area contributed by atoms with E-state index in [1.165, 1.54) is 0 Å². The molecule has 0 radical (unpaired) electrons. The van der Waals surface area contributed by atoms with Crippen LogP contribution in [-0.4, -0.2) is 0 Å². The third-order valence-electron chi connectivity index (χ3n) is 0.940. The summed E-state index contributed by atoms with van der Waals surface area (Å²) in [6.45, 7) is 7.41. The van der Waals surface area contributed by atoms with Crippen molar-refractivity contribution in [1.82, 2.24) is 0 Å². The van der Waals surface area contributed by atoms with Crippen LogP contribution in [0.2, 0.25) is 0 Å². The van der Waals surface area contributed by atoms with Gasteiger partial charge in [-0.1, -0.05) is 12.7 Å². The Kier molecular flexibility index (Phi) is 2.20. The Labute approximate surface area is 44.5 Å². The zero-order chi connectivity index (χ0) is 5.86. The van der Waals surface area contributed by atoms with E-state index >= 15 is 0 Å². The summed E-state index contributed by atoms with van der Waals surface area (Å²) in [4.78, 5) is 0. The molecule has 0 amide bonds. The summed E-state index contributed by atoms with van der Waals surface area (Å²) in [5.74, 6) is 0. The van der Waals surface area contributed by atoms with Gasteiger partial charge < -0.3 is 5.73 Å². The molecule has 2 N–H and O–H groups in total. The molecule has 0 aliphatic carbocycles. The van der Waals surface area contributed by atoms with Crippen LogP contribution in [-0.2, 0) is 0 Å². The second kappa shape index (κ2) is 2.45. The average molecular weight is 97.2 g/mol. The molecule has 0 atom stereocenters. The zero-order valence-electron chi connectivity index (χ0n) is 4.86. The summed E-state index contributed by atoms with van der Waals surface area (Å²) in [6, 6.07) is 0. The van der Waals surface area contributed by atoms with Crippen LogP contribution < -0.4 is 5.73 Å². The van der Waals surface area contributed by atoms with Gasteiger partial charge in [0.2, 0.25) is 0 Å². The molecule has 0 aliphatic heterocycles. The molecule has 0 bridgehead atoms. The van der Waals surface area contributed by atoms with Gasteiger partial charge in [-0.3, -0.25) is 0 Å². The molecule has 0 heterocycles. The molecule has 0 rings (SSSR count). The van der Waals surface area contributed by atoms with E-state index < -0.39 is 0 Å². The Bertz CT molecular complexity index is 101. The third-order valence-corrected chi connectivity index (χ3v) is 0.940. The van der Waals surface area contributed by atoms with Crippen LogP contribution >= 0.6 is 0 Å². The summed E-state index contributed by atoms with van der Waals surface area (Å²) >= 11 is 0. The second-order valence-electron chi connectivity index (χ2n) is 1.50. The lowest BCUT2D eigenvalue weighted by atomic mass is 10.2. The van der Waals surface area contributed by atoms with Crippen LogP contribution in [0, 0.1) is 0 Å². The minimum atomic E-state index is 0.655. The Hall–Kier alpha value is -0.720. The van der Waals surface area contributed by atoms with Gasteiger partial charge in [-0.2, -0.15) is 0 Å². The van der Waals surface area contributed by atoms with E-state index in [4.69, 9.17) is 5.73 Å². The van der Waals surface area contributed by atoms with Gasteiger partial charge in [0.1, 0.15) is 0 Å². The molecular formula is C6H11N. The Balaban J connectivity index is 3.82. The fourth-order valence-corrected chi connectivity index (χ4v) is 0.185. The summed E-state index contributed by atoms with van der Waals surface area (Å²) < 4.78 is 0. The first-order valence-electron chi connectivity index (χ1n) is 2.26. The molecule has 1 heteroatoms. The highest BCUT2D eigenvalue weighted by Crippen LogP contribution is 1.96. The van der Waals surface area contributed by atoms with Crippen molar-refractivity contribution in [3.63, 3.8) is 0 Å². The van der Waals surface area contributed by atoms with Crippen molar-refractivity contribution < 1.29 is 0 Å². The fraction of sp³-hybridized carbons (Fsp3) is 0.333. The van der Waals surface area contributed by atoms with Crippen molar-refractivity contribution >= 4 is 0 Å². The predicted molar refractivity (Wildman–Crippen MR) is 32.8 cm³/mol. The first-order chi connectivity index (χ1) is 3.18. The van der Waals surface area contributed by atoms with Gasteiger partial charge in [-0.25, -0.2) is 0 Å². The average Bonchev–Trinajstić information content (AvgIpc) is 1.65. The summed E-state index contributed by atoms with van der Waals surface area (Å²) in [6.07, 6.45) is 1.93. The SMILES string of the molecule is C=C(N)/C(C)=C\C. The standard InChI is InChI=1S/C6H11N/c1-4-5(2)6(3)7/h4H,3,7H2,1-2H3/b5-4-. The molecule has 0 saturated carbocycles. The van der Waals surface area contributed by atoms with Gasteiger partial charge >= 0.3 is 0 Å². The van der Waals surface area contributed by atoms with Gasteiger partial charge in [0.15, 0.2) is 0 Å². The number of allylic oxidation sites excluding steroid dienone is 2. The van der Waals surface area contributed by atoms with Gasteiger partial charge in [0, 0.05) is 5.70 Å². The van der Waals surface area contributed by atoms with E-state index in [-0.39, 0.29) is 0 Å². The third kappa shape index (κ3) is 2.04. The first-order valence-corrected chi connectivity index (χ1v) is 2.26. The molecule has 0 aromatic carbocycles. The zero-order valence-corrected chi connectivity index (χ0v) is 4.86. The van der Waals surface area contributed by atoms with Gasteiger partial charge in [-0.15, -0.1) is 0 Å². The van der Waals surface area contributed by atoms with Crippen LogP contribution in [0.1, 0.15) is 13.8 Å². The quantitative estimate of drug-likeness (QED) is 0.492. The van der Waals surface area contributed by atoms with Crippen molar-refractivity contribution in [3.8, 4) is 0 Å².